The van der Waals surface area contributed by atoms with E-state index in [1.807, 2.05) is 17.5 Å². The minimum atomic E-state index is 0.610. The van der Waals surface area contributed by atoms with Crippen LogP contribution in [0.4, 0.5) is 0 Å². The van der Waals surface area contributed by atoms with Crippen LogP contribution in [0.5, 0.6) is 0 Å². The van der Waals surface area contributed by atoms with E-state index < -0.39 is 0 Å². The highest BCUT2D eigenvalue weighted by Gasteiger charge is 2.20. The predicted octanol–water partition coefficient (Wildman–Crippen LogP) is 1.98. The molecule has 5 nitrogen and oxygen atoms in total. The van der Waals surface area contributed by atoms with E-state index in [1.54, 1.807) is 11.3 Å². The maximum Gasteiger partial charge on any atom is 0.241 e. The van der Waals surface area contributed by atoms with Crippen LogP contribution in [0.25, 0.3) is 10.7 Å². The Morgan fingerprint density at radius 2 is 2.32 bits per heavy atom. The molecule has 0 radical (unpaired) electrons. The van der Waals surface area contributed by atoms with Crippen LogP contribution in [0, 0.1) is 0 Å². The Bertz CT molecular complexity index is 504. The third-order valence-electron chi connectivity index (χ3n) is 3.53. The molecule has 0 bridgehead atoms. The van der Waals surface area contributed by atoms with Crippen LogP contribution in [0.2, 0.25) is 0 Å². The first kappa shape index (κ1) is 12.8. The second-order valence-electron chi connectivity index (χ2n) is 4.89. The number of rotatable bonds is 4. The van der Waals surface area contributed by atoms with Gasteiger partial charge in [0, 0.05) is 6.04 Å². The van der Waals surface area contributed by atoms with Gasteiger partial charge in [0.2, 0.25) is 11.7 Å². The molecule has 3 rings (SSSR count). The van der Waals surface area contributed by atoms with Gasteiger partial charge in [0.05, 0.1) is 11.4 Å². The number of aromatic nitrogens is 2. The average Bonchev–Trinajstić information content (AvgIpc) is 3.10. The highest BCUT2D eigenvalue weighted by molar-refractivity contribution is 7.13. The zero-order chi connectivity index (χ0) is 13.1. The monoisotopic (exact) mass is 278 g/mol. The lowest BCUT2D eigenvalue weighted by Gasteiger charge is -2.30. The lowest BCUT2D eigenvalue weighted by Crippen LogP contribution is -2.40. The molecule has 0 aliphatic carbocycles. The predicted molar refractivity (Wildman–Crippen MR) is 75.0 cm³/mol. The SMILES string of the molecule is CN(Cc1nc(-c2cccs2)no1)C1CCNCC1. The van der Waals surface area contributed by atoms with Gasteiger partial charge in [0.25, 0.3) is 0 Å². The summed E-state index contributed by atoms with van der Waals surface area (Å²) in [6.07, 6.45) is 2.37. The van der Waals surface area contributed by atoms with Gasteiger partial charge < -0.3 is 9.84 Å². The molecular weight excluding hydrogens is 260 g/mol. The minimum absolute atomic E-state index is 0.610. The van der Waals surface area contributed by atoms with Gasteiger partial charge in [-0.3, -0.25) is 4.90 Å². The Morgan fingerprint density at radius 1 is 1.47 bits per heavy atom. The lowest BCUT2D eigenvalue weighted by molar-refractivity contribution is 0.171. The van der Waals surface area contributed by atoms with Crippen molar-refractivity contribution in [3.8, 4) is 10.7 Å². The van der Waals surface area contributed by atoms with E-state index >= 15 is 0 Å². The number of thiophene rings is 1. The van der Waals surface area contributed by atoms with Crippen LogP contribution < -0.4 is 5.32 Å². The van der Waals surface area contributed by atoms with E-state index in [-0.39, 0.29) is 0 Å². The third kappa shape index (κ3) is 3.02. The van der Waals surface area contributed by atoms with E-state index in [9.17, 15) is 0 Å². The molecular formula is C13H18N4OS. The summed E-state index contributed by atoms with van der Waals surface area (Å²) in [4.78, 5) is 7.83. The maximum atomic E-state index is 5.34. The van der Waals surface area contributed by atoms with E-state index in [1.165, 1.54) is 12.8 Å². The van der Waals surface area contributed by atoms with Gasteiger partial charge >= 0.3 is 0 Å². The molecule has 0 aromatic carbocycles. The first-order valence-electron chi connectivity index (χ1n) is 6.60. The van der Waals surface area contributed by atoms with Crippen LogP contribution in [0.3, 0.4) is 0 Å². The van der Waals surface area contributed by atoms with E-state index in [4.69, 9.17) is 4.52 Å². The van der Waals surface area contributed by atoms with Crippen molar-refractivity contribution in [1.29, 1.82) is 0 Å². The summed E-state index contributed by atoms with van der Waals surface area (Å²) in [6.45, 7) is 2.92. The van der Waals surface area contributed by atoms with E-state index in [2.05, 4.69) is 27.4 Å². The van der Waals surface area contributed by atoms with Gasteiger partial charge in [-0.2, -0.15) is 4.98 Å². The van der Waals surface area contributed by atoms with E-state index in [0.29, 0.717) is 17.8 Å². The molecule has 1 aliphatic heterocycles. The molecule has 0 saturated carbocycles. The van der Waals surface area contributed by atoms with Crippen molar-refractivity contribution in [3.63, 3.8) is 0 Å². The normalized spacial score (nSPS) is 17.2. The fraction of sp³-hybridized carbons (Fsp3) is 0.538. The molecule has 0 amide bonds. The summed E-state index contributed by atoms with van der Waals surface area (Å²) in [7, 11) is 2.13. The van der Waals surface area contributed by atoms with Crippen LogP contribution >= 0.6 is 11.3 Å². The van der Waals surface area contributed by atoms with Gasteiger partial charge in [-0.25, -0.2) is 0 Å². The Labute approximate surface area is 116 Å². The Kier molecular flexibility index (Phi) is 3.91. The standard InChI is InChI=1S/C13H18N4OS/c1-17(10-4-6-14-7-5-10)9-12-15-13(16-18-12)11-3-2-8-19-11/h2-3,8,10,14H,4-7,9H2,1H3. The summed E-state index contributed by atoms with van der Waals surface area (Å²) in [5, 5.41) is 9.44. The molecule has 102 valence electrons. The van der Waals surface area contributed by atoms with Crippen molar-refractivity contribution in [3.05, 3.63) is 23.4 Å². The van der Waals surface area contributed by atoms with Crippen molar-refractivity contribution >= 4 is 11.3 Å². The third-order valence-corrected chi connectivity index (χ3v) is 4.39. The number of nitrogens with one attached hydrogen (secondary N) is 1. The molecule has 6 heteroatoms. The van der Waals surface area contributed by atoms with Crippen LogP contribution in [-0.4, -0.2) is 41.2 Å². The summed E-state index contributed by atoms with van der Waals surface area (Å²) in [5.41, 5.74) is 0. The largest absolute Gasteiger partial charge is 0.338 e. The van der Waals surface area contributed by atoms with Crippen LogP contribution in [0.1, 0.15) is 18.7 Å². The first-order chi connectivity index (χ1) is 9.33. The van der Waals surface area contributed by atoms with Crippen molar-refractivity contribution in [1.82, 2.24) is 20.4 Å². The number of hydrogen-bond donors (Lipinski definition) is 1. The van der Waals surface area contributed by atoms with Gasteiger partial charge in [-0.05, 0) is 44.4 Å². The maximum absolute atomic E-state index is 5.34. The quantitative estimate of drug-likeness (QED) is 0.927. The molecule has 2 aromatic heterocycles. The fourth-order valence-corrected chi connectivity index (χ4v) is 3.06. The summed E-state index contributed by atoms with van der Waals surface area (Å²) >= 11 is 1.63. The molecule has 0 spiro atoms. The minimum Gasteiger partial charge on any atom is -0.338 e. The smallest absolute Gasteiger partial charge is 0.241 e. The lowest BCUT2D eigenvalue weighted by atomic mass is 10.1. The van der Waals surface area contributed by atoms with Crippen LogP contribution in [-0.2, 0) is 6.54 Å². The molecule has 1 aliphatic rings. The van der Waals surface area contributed by atoms with Gasteiger partial charge in [0.1, 0.15) is 0 Å². The summed E-state index contributed by atoms with van der Waals surface area (Å²) < 4.78 is 5.34. The summed E-state index contributed by atoms with van der Waals surface area (Å²) in [5.74, 6) is 1.40. The molecule has 3 heterocycles. The Hall–Kier alpha value is -1.24. The van der Waals surface area contributed by atoms with Crippen molar-refractivity contribution in [2.75, 3.05) is 20.1 Å². The molecule has 1 fully saturated rings. The van der Waals surface area contributed by atoms with Gasteiger partial charge in [0.15, 0.2) is 0 Å². The zero-order valence-electron chi connectivity index (χ0n) is 11.0. The number of hydrogen-bond acceptors (Lipinski definition) is 6. The highest BCUT2D eigenvalue weighted by atomic mass is 32.1. The number of nitrogens with zero attached hydrogens (tertiary/aromatic N) is 3. The molecule has 19 heavy (non-hydrogen) atoms. The van der Waals surface area contributed by atoms with Crippen molar-refractivity contribution in [2.45, 2.75) is 25.4 Å². The van der Waals surface area contributed by atoms with Crippen molar-refractivity contribution in [2.24, 2.45) is 0 Å². The molecule has 1 N–H and O–H groups in total. The first-order valence-corrected chi connectivity index (χ1v) is 7.48. The number of piperidine rings is 1. The second kappa shape index (κ2) is 5.81. The van der Waals surface area contributed by atoms with Gasteiger partial charge in [-0.1, -0.05) is 11.2 Å². The van der Waals surface area contributed by atoms with E-state index in [0.717, 1.165) is 24.5 Å². The van der Waals surface area contributed by atoms with Gasteiger partial charge in [-0.15, -0.1) is 11.3 Å². The van der Waals surface area contributed by atoms with Crippen LogP contribution in [0.15, 0.2) is 22.0 Å². The molecule has 0 atom stereocenters. The Morgan fingerprint density at radius 3 is 3.05 bits per heavy atom. The average molecular weight is 278 g/mol. The highest BCUT2D eigenvalue weighted by Crippen LogP contribution is 2.22. The molecule has 2 aromatic rings. The van der Waals surface area contributed by atoms with Crippen molar-refractivity contribution < 1.29 is 4.52 Å². The Balaban J connectivity index is 1.63. The molecule has 1 saturated heterocycles. The summed E-state index contributed by atoms with van der Waals surface area (Å²) in [6, 6.07) is 4.62. The molecule has 0 unspecified atom stereocenters. The topological polar surface area (TPSA) is 54.2 Å². The fourth-order valence-electron chi connectivity index (χ4n) is 2.41. The second-order valence-corrected chi connectivity index (χ2v) is 5.83. The zero-order valence-corrected chi connectivity index (χ0v) is 11.8.